The molecule has 0 atom stereocenters. The van der Waals surface area contributed by atoms with Crippen LogP contribution in [0.25, 0.3) is 0 Å². The second kappa shape index (κ2) is 2.70. The molecule has 0 saturated carbocycles. The van der Waals surface area contributed by atoms with Crippen molar-refractivity contribution in [3.05, 3.63) is 0 Å². The van der Waals surface area contributed by atoms with E-state index in [0.717, 1.165) is 0 Å². The Morgan fingerprint density at radius 1 is 1.50 bits per heavy atom. The summed E-state index contributed by atoms with van der Waals surface area (Å²) in [6.07, 6.45) is 0. The fourth-order valence-electron chi connectivity index (χ4n) is 0. The average molecular weight is 297 g/mol. The summed E-state index contributed by atoms with van der Waals surface area (Å²) in [6.45, 7) is 0. The third kappa shape index (κ3) is 174. The molecule has 6 heavy (non-hydrogen) atoms. The molecule has 0 fully saturated rings. The maximum Gasteiger partial charge on any atom is 0.435 e. The Labute approximate surface area is 50.1 Å². The summed E-state index contributed by atoms with van der Waals surface area (Å²) in [6, 6.07) is 0. The van der Waals surface area contributed by atoms with Crippen LogP contribution in [0.2, 0.25) is 0 Å². The summed E-state index contributed by atoms with van der Waals surface area (Å²) in [4.78, 5) is 0. The average Bonchev–Trinajstić information content (AvgIpc) is 0.722. The van der Waals surface area contributed by atoms with E-state index in [0.29, 0.717) is 0 Å². The van der Waals surface area contributed by atoms with Crippen molar-refractivity contribution in [3.63, 3.8) is 0 Å². The van der Waals surface area contributed by atoms with Crippen LogP contribution < -0.4 is 0 Å². The number of halogens is 1. The normalized spacial score (nSPS) is 9.67. The monoisotopic (exact) mass is 297 g/mol. The zero-order valence-electron chi connectivity index (χ0n) is 2.35. The Bertz CT molecular complexity index is 94.0. The molecule has 0 heterocycles. The van der Waals surface area contributed by atoms with E-state index in [2.05, 4.69) is 0 Å². The van der Waals surface area contributed by atoms with Gasteiger partial charge in [0.15, 0.2) is 0 Å². The second-order valence-corrected chi connectivity index (χ2v) is 1.24. The van der Waals surface area contributed by atoms with Gasteiger partial charge < -0.3 is 0 Å². The van der Waals surface area contributed by atoms with E-state index in [9.17, 15) is 3.89 Å². The fraction of sp³-hybridized carbons (Fsp3) is 0. The maximum absolute atomic E-state index is 10.2. The van der Waals surface area contributed by atoms with Crippen molar-refractivity contribution in [1.29, 1.82) is 0 Å². The molecule has 0 unspecified atom stereocenters. The van der Waals surface area contributed by atoms with Gasteiger partial charge in [0.1, 0.15) is 0 Å². The third-order valence-corrected chi connectivity index (χ3v) is 0. The molecule has 0 rings (SSSR count). The molecule has 0 bridgehead atoms. The van der Waals surface area contributed by atoms with Crippen molar-refractivity contribution >= 4 is 10.5 Å². The second-order valence-electron chi connectivity index (χ2n) is 0.412. The first-order valence-corrected chi connectivity index (χ1v) is 2.01. The van der Waals surface area contributed by atoms with E-state index < -0.39 is 10.5 Å². The third-order valence-electron chi connectivity index (χ3n) is 0. The van der Waals surface area contributed by atoms with Crippen molar-refractivity contribution in [1.82, 2.24) is 0 Å². The Morgan fingerprint density at radius 3 is 1.50 bits per heavy atom. The zero-order chi connectivity index (χ0) is 4.50. The van der Waals surface area contributed by atoms with Gasteiger partial charge in [-0.2, -0.15) is 8.42 Å². The minimum Gasteiger partial charge on any atom is -0.260 e. The predicted octanol–water partition coefficient (Wildman–Crippen LogP) is -0.244. The molecule has 3 nitrogen and oxygen atoms in total. The van der Waals surface area contributed by atoms with Crippen molar-refractivity contribution in [3.8, 4) is 0 Å². The summed E-state index contributed by atoms with van der Waals surface area (Å²) >= 11 is 0. The summed E-state index contributed by atoms with van der Waals surface area (Å²) in [5.41, 5.74) is 0. The maximum atomic E-state index is 10.2. The van der Waals surface area contributed by atoms with Crippen LogP contribution in [0.3, 0.4) is 0 Å². The Kier molecular flexibility index (Phi) is 4.40. The van der Waals surface area contributed by atoms with Gasteiger partial charge in [0.2, 0.25) is 0 Å². The first-order valence-electron chi connectivity index (χ1n) is 0.670. The van der Waals surface area contributed by atoms with Gasteiger partial charge in [-0.15, -0.1) is 0 Å². The van der Waals surface area contributed by atoms with Crippen LogP contribution in [0.4, 0.5) is 3.89 Å². The molecular weight excluding hydrogens is 296 g/mol. The van der Waals surface area contributed by atoms with E-state index in [1.165, 1.54) is 0 Å². The number of hydrogen-bond acceptors (Lipinski definition) is 2. The zero-order valence-corrected chi connectivity index (χ0v) is 5.33. The molecule has 0 saturated heterocycles. The van der Waals surface area contributed by atoms with Crippen LogP contribution >= 0.6 is 0 Å². The van der Waals surface area contributed by atoms with E-state index >= 15 is 0 Å². The van der Waals surface area contributed by atoms with Crippen LogP contribution in [-0.4, -0.2) is 13.0 Å². The van der Waals surface area contributed by atoms with Crippen molar-refractivity contribution in [2.45, 2.75) is 0 Å². The van der Waals surface area contributed by atoms with Gasteiger partial charge in [-0.1, -0.05) is 3.89 Å². The summed E-state index contributed by atoms with van der Waals surface area (Å²) in [5, 5.41) is 0. The van der Waals surface area contributed by atoms with Crippen LogP contribution in [0.15, 0.2) is 0 Å². The summed E-state index contributed by atoms with van der Waals surface area (Å²) < 4.78 is 34.1. The molecule has 1 radical (unpaired) electrons. The van der Waals surface area contributed by atoms with Gasteiger partial charge in [0, 0.05) is 22.4 Å². The van der Waals surface area contributed by atoms with Gasteiger partial charge in [0.25, 0.3) is 0 Å². The van der Waals surface area contributed by atoms with Crippen LogP contribution in [0.5, 0.6) is 0 Å². The van der Waals surface area contributed by atoms with Crippen LogP contribution in [0, 0.1) is 0 Å². The minimum atomic E-state index is -5.17. The van der Waals surface area contributed by atoms with E-state index in [-0.39, 0.29) is 22.4 Å². The van der Waals surface area contributed by atoms with Crippen molar-refractivity contribution in [2.75, 3.05) is 0 Å². The van der Waals surface area contributed by atoms with Gasteiger partial charge >= 0.3 is 10.5 Å². The molecule has 0 amide bonds. The molecule has 6 heteroatoms. The molecule has 0 aliphatic heterocycles. The van der Waals surface area contributed by atoms with E-state index in [4.69, 9.17) is 13.0 Å². The molecule has 43 valence electrons. The molecule has 0 aliphatic carbocycles. The molecule has 0 spiro atoms. The van der Waals surface area contributed by atoms with Crippen molar-refractivity contribution in [2.24, 2.45) is 0 Å². The number of hydrogen-bond donors (Lipinski definition) is 1. The largest absolute Gasteiger partial charge is 0.435 e. The predicted molar refractivity (Wildman–Crippen MR) is 12.7 cm³/mol. The Morgan fingerprint density at radius 2 is 1.50 bits per heavy atom. The quantitative estimate of drug-likeness (QED) is 0.381. The van der Waals surface area contributed by atoms with Crippen LogP contribution in [-0.2, 0) is 32.9 Å². The summed E-state index contributed by atoms with van der Waals surface area (Å²) in [7, 11) is -5.17. The smallest absolute Gasteiger partial charge is 0.260 e. The van der Waals surface area contributed by atoms with Gasteiger partial charge in [0.05, 0.1) is 0 Å². The molecule has 1 N–H and O–H groups in total. The summed E-state index contributed by atoms with van der Waals surface area (Å²) in [5.74, 6) is 0. The van der Waals surface area contributed by atoms with Gasteiger partial charge in [-0.25, -0.2) is 0 Å². The Balaban J connectivity index is 0. The first kappa shape index (κ1) is 9.77. The van der Waals surface area contributed by atoms with E-state index in [1.807, 2.05) is 0 Å². The first-order chi connectivity index (χ1) is 2.00. The topological polar surface area (TPSA) is 54.4 Å². The van der Waals surface area contributed by atoms with E-state index in [1.54, 1.807) is 0 Å². The van der Waals surface area contributed by atoms with Gasteiger partial charge in [-0.3, -0.25) is 4.55 Å². The number of rotatable bonds is 0. The van der Waals surface area contributed by atoms with Crippen molar-refractivity contribution < 1.29 is 39.2 Å². The minimum absolute atomic E-state index is 0. The standard InChI is InChI=1S/Au.FHO3S/c;1-5(2,3)4/h;(H,2,3,4). The molecular formula is HAuFO3S. The van der Waals surface area contributed by atoms with Crippen LogP contribution in [0.1, 0.15) is 0 Å². The Hall–Kier alpha value is 0.580. The van der Waals surface area contributed by atoms with Gasteiger partial charge in [-0.05, 0) is 0 Å². The molecule has 0 aromatic rings. The SMILES string of the molecule is O=S(=O)(O)F.[Au]. The molecule has 0 aromatic carbocycles. The molecule has 0 aromatic heterocycles. The fourth-order valence-corrected chi connectivity index (χ4v) is 0. The molecule has 0 aliphatic rings.